The first-order valence-corrected chi connectivity index (χ1v) is 4.78. The van der Waals surface area contributed by atoms with Crippen molar-refractivity contribution >= 4 is 11.5 Å². The van der Waals surface area contributed by atoms with E-state index in [1.165, 1.54) is 18.2 Å². The van der Waals surface area contributed by atoms with Crippen LogP contribution in [-0.4, -0.2) is 9.55 Å². The third kappa shape index (κ3) is 1.79. The molecular weight excluding hydrogens is 243 g/mol. The van der Waals surface area contributed by atoms with Gasteiger partial charge >= 0.3 is 5.69 Å². The van der Waals surface area contributed by atoms with E-state index in [-0.39, 0.29) is 5.69 Å². The number of nitrogens with zero attached hydrogens (tertiary/aromatic N) is 2. The van der Waals surface area contributed by atoms with Gasteiger partial charge in [-0.25, -0.2) is 13.8 Å². The van der Waals surface area contributed by atoms with Gasteiger partial charge in [-0.1, -0.05) is 6.07 Å². The third-order valence-electron chi connectivity index (χ3n) is 2.28. The van der Waals surface area contributed by atoms with Gasteiger partial charge in [-0.2, -0.15) is 0 Å². The molecule has 0 saturated carbocycles. The van der Waals surface area contributed by atoms with Crippen molar-refractivity contribution in [1.29, 1.82) is 0 Å². The minimum absolute atomic E-state index is 0.0821. The van der Waals surface area contributed by atoms with Crippen molar-refractivity contribution in [3.05, 3.63) is 55.8 Å². The van der Waals surface area contributed by atoms with Crippen molar-refractivity contribution in [3.63, 3.8) is 0 Å². The number of rotatable bonds is 2. The highest BCUT2D eigenvalue weighted by atomic mass is 19.1. The monoisotopic (exact) mass is 250 g/mol. The second-order valence-corrected chi connectivity index (χ2v) is 3.40. The first-order valence-electron chi connectivity index (χ1n) is 4.78. The fraction of sp³-hybridized carbons (Fsp3) is 0. The van der Waals surface area contributed by atoms with Crippen LogP contribution in [0.1, 0.15) is 0 Å². The molecule has 0 radical (unpaired) electrons. The molecule has 0 atom stereocenters. The van der Waals surface area contributed by atoms with E-state index in [0.29, 0.717) is 0 Å². The quantitative estimate of drug-likeness (QED) is 0.762. The average Bonchev–Trinajstić information content (AvgIpc) is 2.28. The number of aromatic nitrogens is 2. The predicted molar refractivity (Wildman–Crippen MR) is 62.5 cm³/mol. The minimum Gasteiger partial charge on any atom is -0.383 e. The Balaban J connectivity index is 2.84. The van der Waals surface area contributed by atoms with E-state index in [1.54, 1.807) is 0 Å². The fourth-order valence-corrected chi connectivity index (χ4v) is 1.50. The number of anilines is 1. The summed E-state index contributed by atoms with van der Waals surface area (Å²) in [5, 5.41) is 2.45. The van der Waals surface area contributed by atoms with Crippen LogP contribution in [0.2, 0.25) is 0 Å². The van der Waals surface area contributed by atoms with Crippen LogP contribution >= 0.6 is 0 Å². The molecule has 7 nitrogen and oxygen atoms in total. The number of halogens is 1. The van der Waals surface area contributed by atoms with Gasteiger partial charge in [-0.05, 0) is 23.4 Å². The molecule has 0 unspecified atom stereocenters. The molecule has 1 aromatic heterocycles. The minimum atomic E-state index is -0.986. The van der Waals surface area contributed by atoms with Crippen molar-refractivity contribution in [1.82, 2.24) is 9.55 Å². The number of hydrogen-bond acceptors (Lipinski definition) is 5. The van der Waals surface area contributed by atoms with Gasteiger partial charge in [0.25, 0.3) is 5.56 Å². The Morgan fingerprint density at radius 1 is 1.33 bits per heavy atom. The van der Waals surface area contributed by atoms with E-state index in [1.807, 2.05) is 4.98 Å². The number of benzene rings is 1. The van der Waals surface area contributed by atoms with Crippen LogP contribution < -0.4 is 17.0 Å². The number of hydrogen-bond donors (Lipinski definition) is 2. The molecule has 1 aromatic carbocycles. The zero-order valence-electron chi connectivity index (χ0n) is 8.88. The number of H-pyrrole nitrogens is 1. The summed E-state index contributed by atoms with van der Waals surface area (Å²) >= 11 is 0. The Morgan fingerprint density at radius 3 is 2.67 bits per heavy atom. The lowest BCUT2D eigenvalue weighted by Gasteiger charge is -2.09. The van der Waals surface area contributed by atoms with E-state index in [4.69, 9.17) is 5.73 Å². The molecule has 3 N–H and O–H groups in total. The Bertz CT molecular complexity index is 735. The van der Waals surface area contributed by atoms with E-state index < -0.39 is 28.6 Å². The summed E-state index contributed by atoms with van der Waals surface area (Å²) in [6, 6.07) is 4.96. The molecule has 0 amide bonds. The topological polar surface area (TPSA) is 110 Å². The molecule has 0 fully saturated rings. The van der Waals surface area contributed by atoms with E-state index in [9.17, 15) is 18.9 Å². The smallest absolute Gasteiger partial charge is 0.334 e. The summed E-state index contributed by atoms with van der Waals surface area (Å²) in [6.07, 6.45) is 0. The lowest BCUT2D eigenvalue weighted by molar-refractivity contribution is 0.626. The molecule has 92 valence electrons. The standard InChI is InChI=1S/C10H7FN4O3/c11-5-2-1-3-6(4-5)15-8(12)7(14-18)9(16)13-10(15)17/h1-4H,12H2,(H,13,16,17). The highest BCUT2D eigenvalue weighted by Gasteiger charge is 2.14. The first-order chi connectivity index (χ1) is 8.54. The van der Waals surface area contributed by atoms with Gasteiger partial charge in [0.15, 0.2) is 0 Å². The van der Waals surface area contributed by atoms with Gasteiger partial charge in [0.2, 0.25) is 5.69 Å². The van der Waals surface area contributed by atoms with Crippen molar-refractivity contribution < 1.29 is 4.39 Å². The van der Waals surface area contributed by atoms with Crippen LogP contribution in [0.15, 0.2) is 39.0 Å². The third-order valence-corrected chi connectivity index (χ3v) is 2.28. The lowest BCUT2D eigenvalue weighted by Crippen LogP contribution is -2.30. The molecule has 0 saturated heterocycles. The molecule has 0 aliphatic rings. The first kappa shape index (κ1) is 11.7. The zero-order valence-corrected chi connectivity index (χ0v) is 8.88. The molecule has 2 aromatic rings. The highest BCUT2D eigenvalue weighted by molar-refractivity contribution is 5.59. The van der Waals surface area contributed by atoms with Crippen LogP contribution in [0.25, 0.3) is 5.69 Å². The van der Waals surface area contributed by atoms with Gasteiger partial charge in [0, 0.05) is 0 Å². The maximum absolute atomic E-state index is 13.1. The number of nitroso groups, excluding NO2 is 1. The molecule has 0 aliphatic carbocycles. The maximum Gasteiger partial charge on any atom is 0.334 e. The van der Waals surface area contributed by atoms with E-state index in [2.05, 4.69) is 5.18 Å². The summed E-state index contributed by atoms with van der Waals surface area (Å²) < 4.78 is 13.9. The van der Waals surface area contributed by atoms with Gasteiger partial charge in [0.05, 0.1) is 5.69 Å². The van der Waals surface area contributed by atoms with E-state index in [0.717, 1.165) is 10.6 Å². The number of nitrogen functional groups attached to an aromatic ring is 1. The number of nitrogens with one attached hydrogen (secondary N) is 1. The van der Waals surface area contributed by atoms with Crippen molar-refractivity contribution in [2.75, 3.05) is 5.73 Å². The van der Waals surface area contributed by atoms with Gasteiger partial charge in [-0.3, -0.25) is 9.78 Å². The Hall–Kier alpha value is -2.77. The van der Waals surface area contributed by atoms with Crippen LogP contribution in [0, 0.1) is 10.7 Å². The molecule has 0 spiro atoms. The zero-order chi connectivity index (χ0) is 13.3. The largest absolute Gasteiger partial charge is 0.383 e. The lowest BCUT2D eigenvalue weighted by atomic mass is 10.3. The Labute approximate surface area is 98.7 Å². The van der Waals surface area contributed by atoms with Crippen LogP contribution in [0.3, 0.4) is 0 Å². The molecule has 8 heteroatoms. The molecule has 0 aliphatic heterocycles. The molecule has 1 heterocycles. The van der Waals surface area contributed by atoms with Crippen LogP contribution in [0.4, 0.5) is 15.9 Å². The van der Waals surface area contributed by atoms with Crippen LogP contribution in [0.5, 0.6) is 0 Å². The summed E-state index contributed by atoms with van der Waals surface area (Å²) in [7, 11) is 0. The molecular formula is C10H7FN4O3. The fourth-order valence-electron chi connectivity index (χ4n) is 1.50. The second kappa shape index (κ2) is 4.24. The predicted octanol–water partition coefficient (Wildman–Crippen LogP) is 0.645. The SMILES string of the molecule is Nc1c(N=O)c(=O)[nH]c(=O)n1-c1cccc(F)c1. The van der Waals surface area contributed by atoms with Gasteiger partial charge in [-0.15, -0.1) is 4.91 Å². The maximum atomic E-state index is 13.1. The van der Waals surface area contributed by atoms with Crippen molar-refractivity contribution in [3.8, 4) is 5.69 Å². The summed E-state index contributed by atoms with van der Waals surface area (Å²) in [5.74, 6) is -1.03. The number of nitrogens with two attached hydrogens (primary N) is 1. The summed E-state index contributed by atoms with van der Waals surface area (Å²) in [5.41, 5.74) is 3.10. The Kier molecular flexibility index (Phi) is 2.76. The van der Waals surface area contributed by atoms with Gasteiger partial charge < -0.3 is 5.73 Å². The van der Waals surface area contributed by atoms with Crippen molar-refractivity contribution in [2.24, 2.45) is 5.18 Å². The van der Waals surface area contributed by atoms with E-state index >= 15 is 0 Å². The second-order valence-electron chi connectivity index (χ2n) is 3.40. The summed E-state index contributed by atoms with van der Waals surface area (Å²) in [4.78, 5) is 35.2. The Morgan fingerprint density at radius 2 is 2.06 bits per heavy atom. The van der Waals surface area contributed by atoms with Gasteiger partial charge in [0.1, 0.15) is 11.6 Å². The summed E-state index contributed by atoms with van der Waals surface area (Å²) in [6.45, 7) is 0. The van der Waals surface area contributed by atoms with Crippen molar-refractivity contribution in [2.45, 2.75) is 0 Å². The molecule has 2 rings (SSSR count). The normalized spacial score (nSPS) is 10.3. The average molecular weight is 250 g/mol. The van der Waals surface area contributed by atoms with Crippen LogP contribution in [-0.2, 0) is 0 Å². The molecule has 0 bridgehead atoms. The number of aromatic amines is 1. The molecule has 18 heavy (non-hydrogen) atoms. The highest BCUT2D eigenvalue weighted by Crippen LogP contribution is 2.18.